The molecule has 2 aliphatic heterocycles. The van der Waals surface area contributed by atoms with Crippen molar-refractivity contribution in [2.24, 2.45) is 0 Å². The second-order valence-electron chi connectivity index (χ2n) is 7.93. The molecule has 1 aromatic carbocycles. The van der Waals surface area contributed by atoms with Crippen molar-refractivity contribution in [2.75, 3.05) is 39.3 Å². The first-order valence-corrected chi connectivity index (χ1v) is 14.2. The molecule has 0 unspecified atom stereocenters. The van der Waals surface area contributed by atoms with Crippen LogP contribution in [0, 0.1) is 0 Å². The van der Waals surface area contributed by atoms with Crippen LogP contribution < -0.4 is 0 Å². The lowest BCUT2D eigenvalue weighted by Gasteiger charge is -2.36. The van der Waals surface area contributed by atoms with E-state index in [0.29, 0.717) is 44.8 Å². The van der Waals surface area contributed by atoms with Crippen molar-refractivity contribution in [1.82, 2.24) is 13.5 Å². The first-order valence-electron chi connectivity index (χ1n) is 10.8. The first-order chi connectivity index (χ1) is 15.1. The van der Waals surface area contributed by atoms with Crippen LogP contribution in [0.15, 0.2) is 46.0 Å². The highest BCUT2D eigenvalue weighted by Gasteiger charge is 2.34. The van der Waals surface area contributed by atoms with Gasteiger partial charge in [0.15, 0.2) is 0 Å². The van der Waals surface area contributed by atoms with Gasteiger partial charge < -0.3 is 4.90 Å². The molecule has 0 bridgehead atoms. The average Bonchev–Trinajstić information content (AvgIpc) is 3.16. The summed E-state index contributed by atoms with van der Waals surface area (Å²) >= 11 is 3.34. The number of rotatable bonds is 6. The van der Waals surface area contributed by atoms with Gasteiger partial charge in [0.25, 0.3) is 16.1 Å². The summed E-state index contributed by atoms with van der Waals surface area (Å²) in [6.07, 6.45) is 4.05. The molecule has 2 aromatic rings. The van der Waals surface area contributed by atoms with Gasteiger partial charge >= 0.3 is 0 Å². The third-order valence-electron chi connectivity index (χ3n) is 5.84. The second-order valence-corrected chi connectivity index (χ2v) is 11.7. The van der Waals surface area contributed by atoms with E-state index in [-0.39, 0.29) is 5.91 Å². The SMILES string of the molecule is O=C(c1ccccc1SCc1ccsc1)N1CCN(S(=O)(=O)N2CCCCCC2)CC1. The van der Waals surface area contributed by atoms with Crippen molar-refractivity contribution in [1.29, 1.82) is 0 Å². The van der Waals surface area contributed by atoms with E-state index >= 15 is 0 Å². The zero-order chi connectivity index (χ0) is 21.7. The molecule has 31 heavy (non-hydrogen) atoms. The minimum atomic E-state index is -3.44. The summed E-state index contributed by atoms with van der Waals surface area (Å²) in [7, 11) is -3.44. The number of benzene rings is 1. The lowest BCUT2D eigenvalue weighted by molar-refractivity contribution is 0.0690. The summed E-state index contributed by atoms with van der Waals surface area (Å²) in [6, 6.07) is 9.81. The van der Waals surface area contributed by atoms with Gasteiger partial charge in [0.2, 0.25) is 0 Å². The molecule has 0 atom stereocenters. The molecule has 0 radical (unpaired) electrons. The average molecular weight is 480 g/mol. The van der Waals surface area contributed by atoms with E-state index in [9.17, 15) is 13.2 Å². The van der Waals surface area contributed by atoms with Crippen molar-refractivity contribution in [2.45, 2.75) is 36.3 Å². The van der Waals surface area contributed by atoms with Crippen LogP contribution in [0.25, 0.3) is 0 Å². The third kappa shape index (κ3) is 5.51. The number of carbonyl (C=O) groups is 1. The summed E-state index contributed by atoms with van der Waals surface area (Å²) in [5.74, 6) is 0.815. The summed E-state index contributed by atoms with van der Waals surface area (Å²) < 4.78 is 29.3. The fraction of sp³-hybridized carbons (Fsp3) is 0.500. The van der Waals surface area contributed by atoms with Crippen molar-refractivity contribution in [3.05, 3.63) is 52.2 Å². The summed E-state index contributed by atoms with van der Waals surface area (Å²) in [5, 5.41) is 4.19. The molecule has 2 fully saturated rings. The lowest BCUT2D eigenvalue weighted by Crippen LogP contribution is -2.54. The van der Waals surface area contributed by atoms with Crippen LogP contribution >= 0.6 is 23.1 Å². The van der Waals surface area contributed by atoms with Gasteiger partial charge in [0.05, 0.1) is 5.56 Å². The molecule has 1 aromatic heterocycles. The number of carbonyl (C=O) groups excluding carboxylic acids is 1. The van der Waals surface area contributed by atoms with Crippen molar-refractivity contribution < 1.29 is 13.2 Å². The lowest BCUT2D eigenvalue weighted by atomic mass is 10.2. The molecule has 2 aliphatic rings. The Bertz CT molecular complexity index is 963. The number of hydrogen-bond acceptors (Lipinski definition) is 5. The number of thiophene rings is 1. The van der Waals surface area contributed by atoms with Crippen LogP contribution in [0.5, 0.6) is 0 Å². The van der Waals surface area contributed by atoms with E-state index in [0.717, 1.165) is 36.3 Å². The fourth-order valence-electron chi connectivity index (χ4n) is 4.03. The Labute approximate surface area is 193 Å². The van der Waals surface area contributed by atoms with E-state index in [2.05, 4.69) is 16.8 Å². The van der Waals surface area contributed by atoms with E-state index in [4.69, 9.17) is 0 Å². The minimum Gasteiger partial charge on any atom is -0.336 e. The largest absolute Gasteiger partial charge is 0.336 e. The molecule has 2 saturated heterocycles. The van der Waals surface area contributed by atoms with Crippen molar-refractivity contribution >= 4 is 39.2 Å². The quantitative estimate of drug-likeness (QED) is 0.589. The van der Waals surface area contributed by atoms with Crippen LogP contribution in [-0.4, -0.2) is 67.1 Å². The van der Waals surface area contributed by atoms with Crippen molar-refractivity contribution in [3.63, 3.8) is 0 Å². The molecule has 0 N–H and O–H groups in total. The Morgan fingerprint density at radius 2 is 1.58 bits per heavy atom. The van der Waals surface area contributed by atoms with E-state index in [1.807, 2.05) is 24.3 Å². The highest BCUT2D eigenvalue weighted by atomic mass is 32.2. The van der Waals surface area contributed by atoms with Gasteiger partial charge in [0.1, 0.15) is 0 Å². The maximum atomic E-state index is 13.2. The van der Waals surface area contributed by atoms with Crippen LogP contribution in [0.2, 0.25) is 0 Å². The zero-order valence-electron chi connectivity index (χ0n) is 17.6. The highest BCUT2D eigenvalue weighted by molar-refractivity contribution is 7.98. The first kappa shape index (κ1) is 22.8. The summed E-state index contributed by atoms with van der Waals surface area (Å²) in [6.45, 7) is 2.78. The van der Waals surface area contributed by atoms with Gasteiger partial charge in [-0.3, -0.25) is 4.79 Å². The monoisotopic (exact) mass is 479 g/mol. The highest BCUT2D eigenvalue weighted by Crippen LogP contribution is 2.28. The van der Waals surface area contributed by atoms with Gasteiger partial charge in [-0.15, -0.1) is 11.8 Å². The summed E-state index contributed by atoms with van der Waals surface area (Å²) in [5.41, 5.74) is 1.95. The Hall–Kier alpha value is -1.39. The smallest absolute Gasteiger partial charge is 0.282 e. The van der Waals surface area contributed by atoms with Gasteiger partial charge in [-0.2, -0.15) is 28.4 Å². The number of amides is 1. The van der Waals surface area contributed by atoms with Crippen LogP contribution in [0.1, 0.15) is 41.6 Å². The van der Waals surface area contributed by atoms with Gasteiger partial charge in [-0.1, -0.05) is 25.0 Å². The second kappa shape index (κ2) is 10.5. The number of piperazine rings is 1. The van der Waals surface area contributed by atoms with Crippen molar-refractivity contribution in [3.8, 4) is 0 Å². The Balaban J connectivity index is 1.38. The molecule has 3 heterocycles. The molecule has 0 spiro atoms. The third-order valence-corrected chi connectivity index (χ3v) is 9.75. The molecule has 0 saturated carbocycles. The van der Waals surface area contributed by atoms with Crippen LogP contribution in [-0.2, 0) is 16.0 Å². The Kier molecular flexibility index (Phi) is 7.71. The van der Waals surface area contributed by atoms with Gasteiger partial charge in [-0.05, 0) is 47.4 Å². The van der Waals surface area contributed by atoms with E-state index in [1.54, 1.807) is 36.6 Å². The predicted molar refractivity (Wildman–Crippen MR) is 127 cm³/mol. The Morgan fingerprint density at radius 3 is 2.26 bits per heavy atom. The molecule has 1 amide bonds. The molecule has 6 nitrogen and oxygen atoms in total. The maximum Gasteiger partial charge on any atom is 0.282 e. The standard InChI is InChI=1S/C22H29N3O3S3/c26-22(20-7-3-4-8-21(20)30-18-19-9-16-29-17-19)23-12-14-25(15-13-23)31(27,28)24-10-5-1-2-6-11-24/h3-4,7-9,16-17H,1-2,5-6,10-15,18H2. The van der Waals surface area contributed by atoms with Gasteiger partial charge in [-0.25, -0.2) is 0 Å². The number of nitrogens with zero attached hydrogens (tertiary/aromatic N) is 3. The predicted octanol–water partition coefficient (Wildman–Crippen LogP) is 3.92. The molecular weight excluding hydrogens is 450 g/mol. The number of thioether (sulfide) groups is 1. The number of hydrogen-bond donors (Lipinski definition) is 0. The maximum absolute atomic E-state index is 13.2. The topological polar surface area (TPSA) is 60.9 Å². The van der Waals surface area contributed by atoms with Crippen LogP contribution in [0.4, 0.5) is 0 Å². The normalized spacial score (nSPS) is 19.3. The fourth-order valence-corrected chi connectivity index (χ4v) is 7.47. The van der Waals surface area contributed by atoms with Crippen LogP contribution in [0.3, 0.4) is 0 Å². The molecule has 4 rings (SSSR count). The molecule has 9 heteroatoms. The van der Waals surface area contributed by atoms with E-state index < -0.39 is 10.2 Å². The minimum absolute atomic E-state index is 0.0137. The Morgan fingerprint density at radius 1 is 0.903 bits per heavy atom. The molecule has 168 valence electrons. The summed E-state index contributed by atoms with van der Waals surface area (Å²) in [4.78, 5) is 16.0. The van der Waals surface area contributed by atoms with Gasteiger partial charge in [0, 0.05) is 49.9 Å². The molecule has 0 aliphatic carbocycles. The zero-order valence-corrected chi connectivity index (χ0v) is 20.1. The molecular formula is C22H29N3O3S3. The van der Waals surface area contributed by atoms with E-state index in [1.165, 1.54) is 5.56 Å².